The topological polar surface area (TPSA) is 56.5 Å². The molecule has 1 aromatic carbocycles. The molecule has 5 nitrogen and oxygen atoms in total. The highest BCUT2D eigenvalue weighted by atomic mass is 35.5. The van der Waals surface area contributed by atoms with Gasteiger partial charge in [0.15, 0.2) is 11.0 Å². The number of nitrogens with zero attached hydrogens (tertiary/aromatic N) is 5. The van der Waals surface area contributed by atoms with Crippen molar-refractivity contribution < 1.29 is 0 Å². The Balaban J connectivity index is 1.60. The number of benzene rings is 1. The molecule has 4 rings (SSSR count). The van der Waals surface area contributed by atoms with Crippen molar-refractivity contribution >= 4 is 34.3 Å². The molecular weight excluding hydrogens is 378 g/mol. The van der Waals surface area contributed by atoms with Crippen molar-refractivity contribution in [3.8, 4) is 11.4 Å². The zero-order valence-corrected chi connectivity index (χ0v) is 16.8. The van der Waals surface area contributed by atoms with E-state index in [1.807, 2.05) is 23.7 Å². The maximum Gasteiger partial charge on any atom is 0.191 e. The summed E-state index contributed by atoms with van der Waals surface area (Å²) in [5, 5.41) is 11.1. The van der Waals surface area contributed by atoms with E-state index in [0.717, 1.165) is 33.0 Å². The van der Waals surface area contributed by atoms with Crippen LogP contribution in [0.4, 0.5) is 0 Å². The van der Waals surface area contributed by atoms with Crippen LogP contribution in [0.2, 0.25) is 5.15 Å². The average molecular weight is 396 g/mol. The molecule has 0 unspecified atom stereocenters. The monoisotopic (exact) mass is 395 g/mol. The average Bonchev–Trinajstić information content (AvgIpc) is 3.05. The Morgan fingerprint density at radius 1 is 1.15 bits per heavy atom. The third-order valence-corrected chi connectivity index (χ3v) is 6.05. The van der Waals surface area contributed by atoms with Gasteiger partial charge in [0.05, 0.1) is 5.52 Å². The van der Waals surface area contributed by atoms with Gasteiger partial charge in [-0.3, -0.25) is 4.98 Å². The number of hydrogen-bond donors (Lipinski definition) is 0. The summed E-state index contributed by atoms with van der Waals surface area (Å²) < 4.78 is 1.97. The number of halogens is 1. The molecule has 3 heterocycles. The summed E-state index contributed by atoms with van der Waals surface area (Å²) in [4.78, 5) is 8.77. The van der Waals surface area contributed by atoms with Crippen LogP contribution in [0, 0.1) is 13.8 Å². The van der Waals surface area contributed by atoms with Crippen LogP contribution >= 0.6 is 23.4 Å². The van der Waals surface area contributed by atoms with Gasteiger partial charge in [-0.15, -0.1) is 10.2 Å². The van der Waals surface area contributed by atoms with Crippen molar-refractivity contribution in [1.29, 1.82) is 0 Å². The lowest BCUT2D eigenvalue weighted by Gasteiger charge is -2.09. The Bertz CT molecular complexity index is 1120. The molecule has 0 bridgehead atoms. The summed E-state index contributed by atoms with van der Waals surface area (Å²) >= 11 is 8.05. The maximum absolute atomic E-state index is 6.46. The second-order valence-electron chi connectivity index (χ2n) is 6.41. The molecule has 0 N–H and O–H groups in total. The summed E-state index contributed by atoms with van der Waals surface area (Å²) in [5.74, 6) is 1.47. The van der Waals surface area contributed by atoms with Crippen LogP contribution in [-0.4, -0.2) is 24.7 Å². The van der Waals surface area contributed by atoms with Crippen molar-refractivity contribution in [3.05, 3.63) is 64.6 Å². The SMILES string of the molecule is Cc1ccc2cc(CSc3nnc(-c4cccnc4)n3C)c(Cl)nc2c1C. The van der Waals surface area contributed by atoms with Crippen molar-refractivity contribution in [3.63, 3.8) is 0 Å². The van der Waals surface area contributed by atoms with Crippen LogP contribution in [0.5, 0.6) is 0 Å². The molecule has 0 saturated heterocycles. The van der Waals surface area contributed by atoms with Crippen molar-refractivity contribution in [2.75, 3.05) is 0 Å². The molecular formula is C20H18ClN5S. The van der Waals surface area contributed by atoms with E-state index in [9.17, 15) is 0 Å². The van der Waals surface area contributed by atoms with Gasteiger partial charge >= 0.3 is 0 Å². The van der Waals surface area contributed by atoms with Crippen LogP contribution in [0.3, 0.4) is 0 Å². The zero-order chi connectivity index (χ0) is 19.0. The molecule has 136 valence electrons. The molecule has 0 amide bonds. The van der Waals surface area contributed by atoms with Crippen LogP contribution in [0.15, 0.2) is 47.9 Å². The number of aromatic nitrogens is 5. The third-order valence-electron chi connectivity index (χ3n) is 4.65. The number of rotatable bonds is 4. The Labute approximate surface area is 166 Å². The van der Waals surface area contributed by atoms with Crippen molar-refractivity contribution in [1.82, 2.24) is 24.7 Å². The predicted octanol–water partition coefficient (Wildman–Crippen LogP) is 4.99. The fourth-order valence-corrected chi connectivity index (χ4v) is 4.10. The minimum Gasteiger partial charge on any atom is -0.305 e. The highest BCUT2D eigenvalue weighted by molar-refractivity contribution is 7.98. The van der Waals surface area contributed by atoms with E-state index < -0.39 is 0 Å². The molecule has 0 aliphatic heterocycles. The van der Waals surface area contributed by atoms with E-state index in [4.69, 9.17) is 11.6 Å². The maximum atomic E-state index is 6.46. The highest BCUT2D eigenvalue weighted by Crippen LogP contribution is 2.30. The van der Waals surface area contributed by atoms with Crippen LogP contribution < -0.4 is 0 Å². The predicted molar refractivity (Wildman–Crippen MR) is 110 cm³/mol. The fourth-order valence-electron chi connectivity index (χ4n) is 2.93. The van der Waals surface area contributed by atoms with Crippen LogP contribution in [0.25, 0.3) is 22.3 Å². The molecule has 0 atom stereocenters. The molecule has 0 radical (unpaired) electrons. The molecule has 0 aliphatic rings. The lowest BCUT2D eigenvalue weighted by molar-refractivity contribution is 0.793. The normalized spacial score (nSPS) is 11.3. The van der Waals surface area contributed by atoms with Gasteiger partial charge in [-0.05, 0) is 43.2 Å². The van der Waals surface area contributed by atoms with Gasteiger partial charge in [0.1, 0.15) is 5.15 Å². The van der Waals surface area contributed by atoms with Crippen molar-refractivity contribution in [2.24, 2.45) is 7.05 Å². The molecule has 0 aliphatic carbocycles. The first kappa shape index (κ1) is 17.9. The van der Waals surface area contributed by atoms with Crippen LogP contribution in [-0.2, 0) is 12.8 Å². The zero-order valence-electron chi connectivity index (χ0n) is 15.3. The van der Waals surface area contributed by atoms with Gasteiger partial charge in [0, 0.05) is 41.7 Å². The molecule has 0 saturated carbocycles. The number of pyridine rings is 2. The summed E-state index contributed by atoms with van der Waals surface area (Å²) in [5.41, 5.74) is 5.28. The minimum absolute atomic E-state index is 0.540. The van der Waals surface area contributed by atoms with Gasteiger partial charge in [-0.2, -0.15) is 0 Å². The smallest absolute Gasteiger partial charge is 0.191 e. The third kappa shape index (κ3) is 3.42. The molecule has 7 heteroatoms. The van der Waals surface area contributed by atoms with E-state index in [2.05, 4.69) is 52.2 Å². The Morgan fingerprint density at radius 3 is 2.78 bits per heavy atom. The Morgan fingerprint density at radius 2 is 2.00 bits per heavy atom. The van der Waals surface area contributed by atoms with Gasteiger partial charge < -0.3 is 4.57 Å². The van der Waals surface area contributed by atoms with Gasteiger partial charge in [0.2, 0.25) is 0 Å². The number of aryl methyl sites for hydroxylation is 2. The molecule has 0 fully saturated rings. The molecule has 4 aromatic rings. The summed E-state index contributed by atoms with van der Waals surface area (Å²) in [6, 6.07) is 10.2. The Kier molecular flexibility index (Phi) is 4.85. The molecule has 27 heavy (non-hydrogen) atoms. The minimum atomic E-state index is 0.540. The van der Waals surface area contributed by atoms with Gasteiger partial charge in [0.25, 0.3) is 0 Å². The molecule has 0 spiro atoms. The lowest BCUT2D eigenvalue weighted by Crippen LogP contribution is -1.96. The summed E-state index contributed by atoms with van der Waals surface area (Å²) in [7, 11) is 1.96. The van der Waals surface area contributed by atoms with E-state index >= 15 is 0 Å². The lowest BCUT2D eigenvalue weighted by atomic mass is 10.0. The largest absolute Gasteiger partial charge is 0.305 e. The summed E-state index contributed by atoms with van der Waals surface area (Å²) in [6.45, 7) is 4.16. The highest BCUT2D eigenvalue weighted by Gasteiger charge is 2.13. The standard InChI is InChI=1S/C20H18ClN5S/c1-12-6-7-14-9-16(18(21)23-17(14)13(12)2)11-27-20-25-24-19(26(20)3)15-5-4-8-22-10-15/h4-10H,11H2,1-3H3. The quantitative estimate of drug-likeness (QED) is 0.360. The first-order valence-electron chi connectivity index (χ1n) is 8.52. The van der Waals surface area contributed by atoms with Gasteiger partial charge in [-0.1, -0.05) is 35.5 Å². The Hall–Kier alpha value is -2.44. The van der Waals surface area contributed by atoms with E-state index in [-0.39, 0.29) is 0 Å². The second-order valence-corrected chi connectivity index (χ2v) is 7.71. The molecule has 3 aromatic heterocycles. The van der Waals surface area contributed by atoms with E-state index in [0.29, 0.717) is 10.9 Å². The van der Waals surface area contributed by atoms with E-state index in [1.165, 1.54) is 11.1 Å². The number of thioether (sulfide) groups is 1. The van der Waals surface area contributed by atoms with Crippen molar-refractivity contribution in [2.45, 2.75) is 24.8 Å². The first-order chi connectivity index (χ1) is 13.0. The second kappa shape index (κ2) is 7.29. The van der Waals surface area contributed by atoms with Gasteiger partial charge in [-0.25, -0.2) is 4.98 Å². The number of hydrogen-bond acceptors (Lipinski definition) is 5. The number of fused-ring (bicyclic) bond motifs is 1. The van der Waals surface area contributed by atoms with Crippen LogP contribution in [0.1, 0.15) is 16.7 Å². The summed E-state index contributed by atoms with van der Waals surface area (Å²) in [6.07, 6.45) is 3.53. The first-order valence-corrected chi connectivity index (χ1v) is 9.89. The fraction of sp³-hybridized carbons (Fsp3) is 0.200. The van der Waals surface area contributed by atoms with E-state index in [1.54, 1.807) is 24.2 Å².